The number of aliphatic hydroxyl groups is 1. The number of nitrogens with zero attached hydrogens (tertiary/aromatic N) is 1. The minimum Gasteiger partial charge on any atom is -0.392 e. The highest BCUT2D eigenvalue weighted by atomic mass is 127. The van der Waals surface area contributed by atoms with Gasteiger partial charge in [0, 0.05) is 41.9 Å². The number of benzene rings is 1. The van der Waals surface area contributed by atoms with Crippen molar-refractivity contribution in [3.05, 3.63) is 35.0 Å². The van der Waals surface area contributed by atoms with E-state index in [1.165, 1.54) is 34.9 Å². The molecule has 0 amide bonds. The highest BCUT2D eigenvalue weighted by Crippen LogP contribution is 2.44. The molecule has 1 heterocycles. The highest BCUT2D eigenvalue weighted by Gasteiger charge is 2.27. The fraction of sp³-hybridized carbons (Fsp3) is 0.385. The molecule has 0 bridgehead atoms. The van der Waals surface area contributed by atoms with Gasteiger partial charge >= 0.3 is 0 Å². The normalized spacial score (nSPS) is 15.7. The van der Waals surface area contributed by atoms with Gasteiger partial charge in [-0.3, -0.25) is 3.97 Å². The number of hydrogen-bond acceptors (Lipinski definition) is 2. The van der Waals surface area contributed by atoms with Crippen LogP contribution in [0.3, 0.4) is 0 Å². The van der Waals surface area contributed by atoms with Crippen LogP contribution in [0.5, 0.6) is 0 Å². The zero-order chi connectivity index (χ0) is 12.0. The zero-order valence-electron chi connectivity index (χ0n) is 9.61. The maximum atomic E-state index is 9.65. The summed E-state index contributed by atoms with van der Waals surface area (Å²) in [6.07, 6.45) is 4.64. The van der Waals surface area contributed by atoms with Crippen molar-refractivity contribution in [2.75, 3.05) is 0 Å². The molecule has 1 fully saturated rings. The van der Waals surface area contributed by atoms with Crippen LogP contribution in [0, 0.1) is 6.92 Å². The molecule has 2 nitrogen and oxygen atoms in total. The van der Waals surface area contributed by atoms with Gasteiger partial charge in [-0.1, -0.05) is 6.07 Å². The van der Waals surface area contributed by atoms with Crippen molar-refractivity contribution in [3.63, 3.8) is 0 Å². The van der Waals surface area contributed by atoms with Crippen LogP contribution in [-0.4, -0.2) is 9.08 Å². The second-order valence-electron chi connectivity index (χ2n) is 4.67. The van der Waals surface area contributed by atoms with Gasteiger partial charge in [-0.05, 0) is 48.4 Å². The average Bonchev–Trinajstić information content (AvgIpc) is 3.08. The van der Waals surface area contributed by atoms with E-state index in [9.17, 15) is 5.11 Å². The predicted molar refractivity (Wildman–Crippen MR) is 81.6 cm³/mol. The number of hydrogen-bond donors (Lipinski definition) is 1. The SMILES string of the molecule is Cc1cc(C2CC2)c(CO)c2ccn(SI)c12. The van der Waals surface area contributed by atoms with Crippen molar-refractivity contribution in [1.29, 1.82) is 0 Å². The minimum atomic E-state index is 0.151. The standard InChI is InChI=1S/C13H14INOS/c1-8-6-11(9-2-3-9)12(7-16)10-4-5-15(17-14)13(8)10/h4-6,9,16H,2-3,7H2,1H3. The fourth-order valence-corrected chi connectivity index (χ4v) is 3.98. The Bertz CT molecular complexity index is 574. The lowest BCUT2D eigenvalue weighted by Gasteiger charge is -2.11. The summed E-state index contributed by atoms with van der Waals surface area (Å²) in [6.45, 7) is 2.32. The molecule has 1 aromatic heterocycles. The van der Waals surface area contributed by atoms with E-state index in [2.05, 4.69) is 50.4 Å². The van der Waals surface area contributed by atoms with Gasteiger partial charge in [0.25, 0.3) is 0 Å². The Labute approximate surface area is 117 Å². The first-order valence-electron chi connectivity index (χ1n) is 5.79. The number of rotatable bonds is 3. The number of aromatic nitrogens is 1. The molecular weight excluding hydrogens is 345 g/mol. The molecule has 1 N–H and O–H groups in total. The second kappa shape index (κ2) is 4.48. The van der Waals surface area contributed by atoms with Gasteiger partial charge in [-0.15, -0.1) is 0 Å². The third-order valence-corrected chi connectivity index (χ3v) is 5.25. The number of aryl methyl sites for hydroxylation is 1. The Balaban J connectivity index is 2.32. The average molecular weight is 359 g/mol. The lowest BCUT2D eigenvalue weighted by molar-refractivity contribution is 0.282. The summed E-state index contributed by atoms with van der Waals surface area (Å²) in [7, 11) is 1.67. The van der Waals surface area contributed by atoms with Crippen LogP contribution >= 0.6 is 30.3 Å². The molecule has 1 aliphatic carbocycles. The monoisotopic (exact) mass is 359 g/mol. The quantitative estimate of drug-likeness (QED) is 0.833. The van der Waals surface area contributed by atoms with Gasteiger partial charge in [0.05, 0.1) is 12.1 Å². The Morgan fingerprint density at radius 2 is 2.29 bits per heavy atom. The van der Waals surface area contributed by atoms with Crippen LogP contribution in [-0.2, 0) is 6.61 Å². The van der Waals surface area contributed by atoms with Crippen molar-refractivity contribution in [1.82, 2.24) is 3.97 Å². The summed E-state index contributed by atoms with van der Waals surface area (Å²) < 4.78 is 2.17. The molecule has 1 aromatic carbocycles. The van der Waals surface area contributed by atoms with E-state index in [1.54, 1.807) is 9.12 Å². The molecule has 0 radical (unpaired) electrons. The van der Waals surface area contributed by atoms with E-state index in [1.807, 2.05) is 0 Å². The van der Waals surface area contributed by atoms with E-state index in [0.717, 1.165) is 5.56 Å². The maximum absolute atomic E-state index is 9.65. The van der Waals surface area contributed by atoms with Gasteiger partial charge in [0.1, 0.15) is 0 Å². The zero-order valence-corrected chi connectivity index (χ0v) is 12.6. The largest absolute Gasteiger partial charge is 0.392 e. The Kier molecular flexibility index (Phi) is 3.13. The molecule has 0 saturated heterocycles. The molecule has 0 spiro atoms. The van der Waals surface area contributed by atoms with Crippen molar-refractivity contribution >= 4 is 41.2 Å². The molecule has 3 rings (SSSR count). The number of aliphatic hydroxyl groups excluding tert-OH is 1. The van der Waals surface area contributed by atoms with Crippen LogP contribution < -0.4 is 0 Å². The first-order valence-corrected chi connectivity index (χ1v) is 9.11. The van der Waals surface area contributed by atoms with Crippen molar-refractivity contribution < 1.29 is 5.11 Å². The van der Waals surface area contributed by atoms with E-state index in [0.29, 0.717) is 5.92 Å². The summed E-state index contributed by atoms with van der Waals surface area (Å²) in [5.41, 5.74) is 5.07. The van der Waals surface area contributed by atoms with Crippen molar-refractivity contribution in [3.8, 4) is 0 Å². The number of fused-ring (bicyclic) bond motifs is 1. The summed E-state index contributed by atoms with van der Waals surface area (Å²) >= 11 is 2.29. The molecule has 2 aromatic rings. The molecule has 17 heavy (non-hydrogen) atoms. The molecule has 0 unspecified atom stereocenters. The second-order valence-corrected chi connectivity index (χ2v) is 6.38. The Morgan fingerprint density at radius 1 is 1.53 bits per heavy atom. The van der Waals surface area contributed by atoms with Gasteiger partial charge in [-0.25, -0.2) is 0 Å². The number of halogens is 1. The predicted octanol–water partition coefficient (Wildman–Crippen LogP) is 4.17. The smallest absolute Gasteiger partial charge is 0.0691 e. The summed E-state index contributed by atoms with van der Waals surface area (Å²) in [4.78, 5) is 0. The molecule has 0 aliphatic heterocycles. The molecule has 4 heteroatoms. The lowest BCUT2D eigenvalue weighted by Crippen LogP contribution is -1.96. The first-order chi connectivity index (χ1) is 8.26. The van der Waals surface area contributed by atoms with Gasteiger partial charge < -0.3 is 5.11 Å². The molecule has 1 aliphatic rings. The van der Waals surface area contributed by atoms with Gasteiger partial charge in [0.15, 0.2) is 0 Å². The van der Waals surface area contributed by atoms with Gasteiger partial charge in [-0.2, -0.15) is 0 Å². The maximum Gasteiger partial charge on any atom is 0.0691 e. The molecule has 1 saturated carbocycles. The van der Waals surface area contributed by atoms with E-state index >= 15 is 0 Å². The van der Waals surface area contributed by atoms with E-state index in [-0.39, 0.29) is 6.61 Å². The van der Waals surface area contributed by atoms with E-state index in [4.69, 9.17) is 0 Å². The summed E-state index contributed by atoms with van der Waals surface area (Å²) in [5.74, 6) is 0.691. The van der Waals surface area contributed by atoms with Crippen molar-refractivity contribution in [2.45, 2.75) is 32.3 Å². The van der Waals surface area contributed by atoms with E-state index < -0.39 is 0 Å². The lowest BCUT2D eigenvalue weighted by atomic mass is 9.97. The highest BCUT2D eigenvalue weighted by molar-refractivity contribution is 14.2. The van der Waals surface area contributed by atoms with Crippen LogP contribution in [0.2, 0.25) is 0 Å². The molecule has 90 valence electrons. The fourth-order valence-electron chi connectivity index (χ4n) is 2.58. The summed E-state index contributed by atoms with van der Waals surface area (Å²) in [6, 6.07) is 4.40. The Morgan fingerprint density at radius 3 is 2.88 bits per heavy atom. The minimum absolute atomic E-state index is 0.151. The van der Waals surface area contributed by atoms with Gasteiger partial charge in [0.2, 0.25) is 0 Å². The topological polar surface area (TPSA) is 25.2 Å². The van der Waals surface area contributed by atoms with Crippen LogP contribution in [0.4, 0.5) is 0 Å². The third-order valence-electron chi connectivity index (χ3n) is 3.52. The van der Waals surface area contributed by atoms with Crippen molar-refractivity contribution in [2.24, 2.45) is 0 Å². The first kappa shape index (κ1) is 11.9. The third kappa shape index (κ3) is 1.90. The molecular formula is C13H14INOS. The van der Waals surface area contributed by atoms with Crippen LogP contribution in [0.1, 0.15) is 35.4 Å². The van der Waals surface area contributed by atoms with Crippen LogP contribution in [0.15, 0.2) is 18.3 Å². The summed E-state index contributed by atoms with van der Waals surface area (Å²) in [5, 5.41) is 10.9. The molecule has 0 atom stereocenters. The Hall–Kier alpha value is -0.200. The van der Waals surface area contributed by atoms with Crippen LogP contribution in [0.25, 0.3) is 10.9 Å².